The molecule has 0 heterocycles. The van der Waals surface area contributed by atoms with Crippen LogP contribution in [0.3, 0.4) is 0 Å². The van der Waals surface area contributed by atoms with Crippen LogP contribution in [0, 0.1) is 6.92 Å². The highest BCUT2D eigenvalue weighted by atomic mass is 35.5. The number of hydrogen-bond acceptors (Lipinski definition) is 2. The predicted octanol–water partition coefficient (Wildman–Crippen LogP) is 4.68. The fourth-order valence-electron chi connectivity index (χ4n) is 3.36. The van der Waals surface area contributed by atoms with Gasteiger partial charge in [0.2, 0.25) is 0 Å². The second-order valence-corrected chi connectivity index (χ2v) is 8.10. The second kappa shape index (κ2) is 10.7. The molecule has 0 saturated carbocycles. The van der Waals surface area contributed by atoms with Gasteiger partial charge in [-0.15, -0.1) is 0 Å². The van der Waals surface area contributed by atoms with E-state index in [4.69, 9.17) is 23.1 Å². The molecule has 0 aliphatic heterocycles. The zero-order valence-electron chi connectivity index (χ0n) is 18.3. The zero-order chi connectivity index (χ0) is 23.1. The highest BCUT2D eigenvalue weighted by Gasteiger charge is 2.20. The number of anilines is 1. The van der Waals surface area contributed by atoms with Crippen LogP contribution in [0.15, 0.2) is 77.8 Å². The molecular weight excluding hydrogens is 422 g/mol. The molecule has 0 aromatic heterocycles. The molecule has 0 aliphatic rings. The molecule has 6 nitrogen and oxygen atoms in total. The maximum Gasteiger partial charge on any atom is 0.324 e. The van der Waals surface area contributed by atoms with Crippen LogP contribution >= 0.6 is 11.6 Å². The van der Waals surface area contributed by atoms with E-state index in [0.717, 1.165) is 27.9 Å². The molecule has 0 radical (unpaired) electrons. The van der Waals surface area contributed by atoms with E-state index < -0.39 is 0 Å². The van der Waals surface area contributed by atoms with Gasteiger partial charge >= 0.3 is 6.03 Å². The minimum absolute atomic E-state index is 0.0631. The minimum atomic E-state index is -0.0878. The molecule has 0 aliphatic carbocycles. The van der Waals surface area contributed by atoms with Gasteiger partial charge < -0.3 is 16.4 Å². The molecule has 32 heavy (non-hydrogen) atoms. The smallest absolute Gasteiger partial charge is 0.324 e. The first kappa shape index (κ1) is 23.2. The van der Waals surface area contributed by atoms with Crippen molar-refractivity contribution in [1.82, 2.24) is 4.90 Å². The van der Waals surface area contributed by atoms with Crippen molar-refractivity contribution in [2.75, 3.05) is 11.9 Å². The number of urea groups is 1. The molecule has 166 valence electrons. The Hall–Kier alpha value is -3.51. The summed E-state index contributed by atoms with van der Waals surface area (Å²) in [7, 11) is 1.79. The minimum Gasteiger partial charge on any atom is -0.370 e. The molecule has 0 saturated heterocycles. The molecule has 3 rings (SSSR count). The first-order chi connectivity index (χ1) is 15.3. The van der Waals surface area contributed by atoms with Crippen LogP contribution in [0.2, 0.25) is 5.02 Å². The Morgan fingerprint density at radius 3 is 2.22 bits per heavy atom. The molecule has 2 amide bonds. The molecule has 3 aromatic carbocycles. The second-order valence-electron chi connectivity index (χ2n) is 7.66. The highest BCUT2D eigenvalue weighted by Crippen LogP contribution is 2.21. The summed E-state index contributed by atoms with van der Waals surface area (Å²) in [5.74, 6) is 0.0631. The number of aliphatic imine (C=N–C) groups is 1. The first-order valence-corrected chi connectivity index (χ1v) is 10.7. The molecule has 0 bridgehead atoms. The van der Waals surface area contributed by atoms with Gasteiger partial charge in [0.1, 0.15) is 0 Å². The average Bonchev–Trinajstić information content (AvgIpc) is 2.79. The lowest BCUT2D eigenvalue weighted by Crippen LogP contribution is -2.40. The summed E-state index contributed by atoms with van der Waals surface area (Å²) in [6, 6.07) is 23.2. The van der Waals surface area contributed by atoms with Gasteiger partial charge in [-0.05, 0) is 53.4 Å². The van der Waals surface area contributed by atoms with Crippen LogP contribution in [0.1, 0.15) is 22.3 Å². The topological polar surface area (TPSA) is 88.0 Å². The van der Waals surface area contributed by atoms with E-state index in [2.05, 4.69) is 4.99 Å². The van der Waals surface area contributed by atoms with Crippen LogP contribution in [0.5, 0.6) is 0 Å². The molecule has 0 fully saturated rings. The molecule has 4 N–H and O–H groups in total. The van der Waals surface area contributed by atoms with Gasteiger partial charge in [0, 0.05) is 30.8 Å². The lowest BCUT2D eigenvalue weighted by molar-refractivity contribution is 0.200. The summed E-state index contributed by atoms with van der Waals surface area (Å²) in [5.41, 5.74) is 15.8. The van der Waals surface area contributed by atoms with Gasteiger partial charge in [0.25, 0.3) is 0 Å². The number of para-hydroxylation sites is 1. The van der Waals surface area contributed by atoms with Crippen molar-refractivity contribution in [2.45, 2.75) is 26.6 Å². The fourth-order valence-corrected chi connectivity index (χ4v) is 3.59. The number of hydrogen-bond donors (Lipinski definition) is 2. The van der Waals surface area contributed by atoms with E-state index in [0.29, 0.717) is 24.7 Å². The number of carbonyl (C=O) groups excluding carboxylic acids is 1. The Labute approximate surface area is 194 Å². The van der Waals surface area contributed by atoms with Gasteiger partial charge in [0.15, 0.2) is 5.96 Å². The quantitative estimate of drug-likeness (QED) is 0.405. The first-order valence-electron chi connectivity index (χ1n) is 10.3. The Morgan fingerprint density at radius 1 is 0.938 bits per heavy atom. The maximum atomic E-state index is 13.5. The van der Waals surface area contributed by atoms with Crippen molar-refractivity contribution in [3.8, 4) is 0 Å². The van der Waals surface area contributed by atoms with Gasteiger partial charge in [-0.2, -0.15) is 0 Å². The Bertz CT molecular complexity index is 1080. The van der Waals surface area contributed by atoms with Crippen LogP contribution in [-0.4, -0.2) is 23.9 Å². The number of aryl methyl sites for hydroxylation is 1. The molecule has 7 heteroatoms. The number of nitrogens with two attached hydrogens (primary N) is 2. The van der Waals surface area contributed by atoms with Crippen molar-refractivity contribution in [3.05, 3.63) is 100 Å². The SMILES string of the molecule is Cc1cc(Cl)ccc1CN(Cc1ccc(CN=C(N)N)cc1)C(=O)N(C)c1ccccc1. The zero-order valence-corrected chi connectivity index (χ0v) is 19.1. The number of amides is 2. The number of rotatable bonds is 7. The predicted molar refractivity (Wildman–Crippen MR) is 132 cm³/mol. The summed E-state index contributed by atoms with van der Waals surface area (Å²) in [5, 5.41) is 0.682. The molecule has 0 unspecified atom stereocenters. The number of benzene rings is 3. The van der Waals surface area contributed by atoms with Crippen molar-refractivity contribution in [3.63, 3.8) is 0 Å². The lowest BCUT2D eigenvalue weighted by atomic mass is 10.1. The Kier molecular flexibility index (Phi) is 7.73. The maximum absolute atomic E-state index is 13.5. The molecular formula is C25H28ClN5O. The third-order valence-electron chi connectivity index (χ3n) is 5.21. The van der Waals surface area contributed by atoms with Crippen LogP contribution in [0.25, 0.3) is 0 Å². The van der Waals surface area contributed by atoms with Crippen LogP contribution in [-0.2, 0) is 19.6 Å². The lowest BCUT2D eigenvalue weighted by Gasteiger charge is -2.29. The largest absolute Gasteiger partial charge is 0.370 e. The van der Waals surface area contributed by atoms with Gasteiger partial charge in [-0.25, -0.2) is 9.79 Å². The molecule has 0 atom stereocenters. The van der Waals surface area contributed by atoms with Crippen LogP contribution < -0.4 is 16.4 Å². The van der Waals surface area contributed by atoms with Crippen molar-refractivity contribution in [1.29, 1.82) is 0 Å². The van der Waals surface area contributed by atoms with E-state index in [1.165, 1.54) is 0 Å². The van der Waals surface area contributed by atoms with E-state index >= 15 is 0 Å². The summed E-state index contributed by atoms with van der Waals surface area (Å²) in [4.78, 5) is 21.0. The number of nitrogens with zero attached hydrogens (tertiary/aromatic N) is 3. The van der Waals surface area contributed by atoms with Gasteiger partial charge in [-0.3, -0.25) is 4.90 Å². The Balaban J connectivity index is 1.84. The van der Waals surface area contributed by atoms with Gasteiger partial charge in [0.05, 0.1) is 6.54 Å². The van der Waals surface area contributed by atoms with E-state index in [1.807, 2.05) is 84.6 Å². The Morgan fingerprint density at radius 2 is 1.59 bits per heavy atom. The number of guanidine groups is 1. The molecule has 0 spiro atoms. The molecule has 3 aromatic rings. The fraction of sp³-hybridized carbons (Fsp3) is 0.200. The number of carbonyl (C=O) groups is 1. The van der Waals surface area contributed by atoms with Crippen molar-refractivity contribution in [2.24, 2.45) is 16.5 Å². The number of halogens is 1. The monoisotopic (exact) mass is 449 g/mol. The summed E-state index contributed by atoms with van der Waals surface area (Å²) in [6.45, 7) is 3.35. The normalized spacial score (nSPS) is 10.5. The summed E-state index contributed by atoms with van der Waals surface area (Å²) < 4.78 is 0. The summed E-state index contributed by atoms with van der Waals surface area (Å²) in [6.07, 6.45) is 0. The third-order valence-corrected chi connectivity index (χ3v) is 5.44. The van der Waals surface area contributed by atoms with Gasteiger partial charge in [-0.1, -0.05) is 60.1 Å². The van der Waals surface area contributed by atoms with Crippen molar-refractivity contribution < 1.29 is 4.79 Å². The van der Waals surface area contributed by atoms with E-state index in [9.17, 15) is 4.79 Å². The summed E-state index contributed by atoms with van der Waals surface area (Å²) >= 11 is 6.12. The highest BCUT2D eigenvalue weighted by molar-refractivity contribution is 6.30. The van der Waals surface area contributed by atoms with E-state index in [1.54, 1.807) is 11.9 Å². The van der Waals surface area contributed by atoms with E-state index in [-0.39, 0.29) is 12.0 Å². The third kappa shape index (κ3) is 6.25. The van der Waals surface area contributed by atoms with Crippen LogP contribution in [0.4, 0.5) is 10.5 Å². The van der Waals surface area contributed by atoms with Crippen molar-refractivity contribution >= 4 is 29.3 Å². The average molecular weight is 450 g/mol. The standard InChI is InChI=1S/C25H28ClN5O/c1-18-14-22(26)13-12-21(18)17-31(25(32)30(2)23-6-4-3-5-7-23)16-20-10-8-19(9-11-20)15-29-24(27)28/h3-14H,15-17H2,1-2H3,(H4,27,28,29).